The summed E-state index contributed by atoms with van der Waals surface area (Å²) in [6, 6.07) is 1.40. The Morgan fingerprint density at radius 2 is 1.75 bits per heavy atom. The van der Waals surface area contributed by atoms with Crippen LogP contribution in [0.5, 0.6) is 0 Å². The molecule has 0 saturated carbocycles. The van der Waals surface area contributed by atoms with Crippen molar-refractivity contribution >= 4 is 0 Å². The van der Waals surface area contributed by atoms with Crippen molar-refractivity contribution in [3.05, 3.63) is 0 Å². The third kappa shape index (κ3) is 1.16. The molecular weight excluding hydrogens is 154 g/mol. The molecule has 0 aromatic rings. The lowest BCUT2D eigenvalue weighted by molar-refractivity contribution is -0.0169. The topological polar surface area (TPSA) is 25.0 Å². The van der Waals surface area contributed by atoms with Crippen LogP contribution in [0.15, 0.2) is 0 Å². The van der Waals surface area contributed by atoms with Crippen molar-refractivity contribution < 1.29 is 9.47 Å². The van der Waals surface area contributed by atoms with Crippen LogP contribution in [0.3, 0.4) is 0 Å². The van der Waals surface area contributed by atoms with Crippen LogP contribution in [0, 0.1) is 0 Å². The maximum atomic E-state index is 5.51. The van der Waals surface area contributed by atoms with E-state index in [1.54, 1.807) is 0 Å². The molecule has 2 bridgehead atoms. The van der Waals surface area contributed by atoms with Crippen molar-refractivity contribution in [1.82, 2.24) is 4.90 Å². The van der Waals surface area contributed by atoms with Gasteiger partial charge in [0, 0.05) is 18.6 Å². The highest BCUT2D eigenvalue weighted by molar-refractivity contribution is 4.93. The van der Waals surface area contributed by atoms with Crippen LogP contribution in [0.1, 0.15) is 12.8 Å². The standard InChI is InChI=1S/C9H15NO2/c1-2-8-5-11-4-7(1)10(8)3-9-6-12-9/h7-9H,1-6H2/t7?,8?,9-/m1/s1. The summed E-state index contributed by atoms with van der Waals surface area (Å²) >= 11 is 0. The number of rotatable bonds is 2. The summed E-state index contributed by atoms with van der Waals surface area (Å²) in [5.41, 5.74) is 0. The zero-order valence-electron chi connectivity index (χ0n) is 7.24. The summed E-state index contributed by atoms with van der Waals surface area (Å²) in [4.78, 5) is 2.60. The number of hydrogen-bond donors (Lipinski definition) is 0. The van der Waals surface area contributed by atoms with E-state index >= 15 is 0 Å². The van der Waals surface area contributed by atoms with Crippen molar-refractivity contribution in [2.75, 3.05) is 26.4 Å². The molecule has 0 aromatic carbocycles. The zero-order chi connectivity index (χ0) is 7.97. The Morgan fingerprint density at radius 3 is 2.33 bits per heavy atom. The molecule has 0 aromatic heterocycles. The Hall–Kier alpha value is -0.120. The lowest BCUT2D eigenvalue weighted by Gasteiger charge is -2.33. The van der Waals surface area contributed by atoms with E-state index in [4.69, 9.17) is 9.47 Å². The molecule has 0 N–H and O–H groups in total. The molecule has 3 rings (SSSR count). The van der Waals surface area contributed by atoms with E-state index in [1.165, 1.54) is 12.8 Å². The molecule has 12 heavy (non-hydrogen) atoms. The third-order valence-corrected chi connectivity index (χ3v) is 3.21. The summed E-state index contributed by atoms with van der Waals surface area (Å²) in [5.74, 6) is 0. The monoisotopic (exact) mass is 169 g/mol. The summed E-state index contributed by atoms with van der Waals surface area (Å²) in [6.45, 7) is 4.03. The van der Waals surface area contributed by atoms with Gasteiger partial charge >= 0.3 is 0 Å². The summed E-state index contributed by atoms with van der Waals surface area (Å²) < 4.78 is 10.8. The largest absolute Gasteiger partial charge is 0.378 e. The lowest BCUT2D eigenvalue weighted by Crippen LogP contribution is -2.47. The van der Waals surface area contributed by atoms with Crippen LogP contribution >= 0.6 is 0 Å². The molecule has 3 saturated heterocycles. The molecule has 3 aliphatic rings. The van der Waals surface area contributed by atoms with E-state index in [1.807, 2.05) is 0 Å². The van der Waals surface area contributed by atoms with Crippen molar-refractivity contribution in [2.24, 2.45) is 0 Å². The summed E-state index contributed by atoms with van der Waals surface area (Å²) in [7, 11) is 0. The number of epoxide rings is 1. The fourth-order valence-corrected chi connectivity index (χ4v) is 2.42. The van der Waals surface area contributed by atoms with Gasteiger partial charge in [-0.05, 0) is 12.8 Å². The predicted molar refractivity (Wildman–Crippen MR) is 44.1 cm³/mol. The Morgan fingerprint density at radius 1 is 1.08 bits per heavy atom. The van der Waals surface area contributed by atoms with Gasteiger partial charge in [0.05, 0.1) is 25.9 Å². The zero-order valence-corrected chi connectivity index (χ0v) is 7.24. The van der Waals surface area contributed by atoms with Crippen LogP contribution in [-0.4, -0.2) is 49.5 Å². The average molecular weight is 169 g/mol. The number of fused-ring (bicyclic) bond motifs is 2. The van der Waals surface area contributed by atoms with Crippen molar-refractivity contribution in [3.8, 4) is 0 Å². The molecular formula is C9H15NO2. The predicted octanol–water partition coefficient (Wildman–Crippen LogP) is 0.248. The van der Waals surface area contributed by atoms with Crippen molar-refractivity contribution in [1.29, 1.82) is 0 Å². The number of morpholine rings is 1. The van der Waals surface area contributed by atoms with Gasteiger partial charge in [0.25, 0.3) is 0 Å². The molecule has 3 atom stereocenters. The van der Waals surface area contributed by atoms with Gasteiger partial charge in [0.2, 0.25) is 0 Å². The first-order valence-electron chi connectivity index (χ1n) is 4.88. The first-order valence-corrected chi connectivity index (χ1v) is 4.88. The van der Waals surface area contributed by atoms with Gasteiger partial charge in [0.15, 0.2) is 0 Å². The average Bonchev–Trinajstić information content (AvgIpc) is 2.81. The fourth-order valence-electron chi connectivity index (χ4n) is 2.42. The van der Waals surface area contributed by atoms with Gasteiger partial charge < -0.3 is 9.47 Å². The van der Waals surface area contributed by atoms with Gasteiger partial charge in [0.1, 0.15) is 0 Å². The third-order valence-electron chi connectivity index (χ3n) is 3.21. The van der Waals surface area contributed by atoms with E-state index in [2.05, 4.69) is 4.90 Å². The van der Waals surface area contributed by atoms with E-state index in [-0.39, 0.29) is 0 Å². The van der Waals surface area contributed by atoms with E-state index in [9.17, 15) is 0 Å². The summed E-state index contributed by atoms with van der Waals surface area (Å²) in [6.07, 6.45) is 3.21. The van der Waals surface area contributed by atoms with Gasteiger partial charge in [-0.3, -0.25) is 4.90 Å². The van der Waals surface area contributed by atoms with Gasteiger partial charge in [-0.15, -0.1) is 0 Å². The maximum Gasteiger partial charge on any atom is 0.0936 e. The molecule has 0 spiro atoms. The van der Waals surface area contributed by atoms with Crippen LogP contribution in [-0.2, 0) is 9.47 Å². The van der Waals surface area contributed by atoms with Crippen LogP contribution in [0.25, 0.3) is 0 Å². The highest BCUT2D eigenvalue weighted by Crippen LogP contribution is 2.30. The molecule has 0 aliphatic carbocycles. The summed E-state index contributed by atoms with van der Waals surface area (Å²) in [5, 5.41) is 0. The van der Waals surface area contributed by atoms with Crippen LogP contribution in [0.4, 0.5) is 0 Å². The lowest BCUT2D eigenvalue weighted by atomic mass is 10.2. The Labute approximate surface area is 72.6 Å². The molecule has 68 valence electrons. The molecule has 3 nitrogen and oxygen atoms in total. The molecule has 2 unspecified atom stereocenters. The Kier molecular flexibility index (Phi) is 1.63. The number of ether oxygens (including phenoxy) is 2. The van der Waals surface area contributed by atoms with Crippen LogP contribution in [0.2, 0.25) is 0 Å². The molecule has 0 radical (unpaired) electrons. The smallest absolute Gasteiger partial charge is 0.0936 e. The van der Waals surface area contributed by atoms with Gasteiger partial charge in [-0.2, -0.15) is 0 Å². The van der Waals surface area contributed by atoms with E-state index in [0.717, 1.165) is 26.4 Å². The number of nitrogens with zero attached hydrogens (tertiary/aromatic N) is 1. The highest BCUT2D eigenvalue weighted by atomic mass is 16.6. The molecule has 3 aliphatic heterocycles. The maximum absolute atomic E-state index is 5.51. The Bertz CT molecular complexity index is 165. The van der Waals surface area contributed by atoms with Crippen molar-refractivity contribution in [2.45, 2.75) is 31.0 Å². The fraction of sp³-hybridized carbons (Fsp3) is 1.00. The first kappa shape index (κ1) is 7.30. The minimum absolute atomic E-state index is 0.547. The Balaban J connectivity index is 1.67. The molecule has 3 fully saturated rings. The van der Waals surface area contributed by atoms with Gasteiger partial charge in [-0.1, -0.05) is 0 Å². The van der Waals surface area contributed by atoms with Gasteiger partial charge in [-0.25, -0.2) is 0 Å². The number of hydrogen-bond acceptors (Lipinski definition) is 3. The van der Waals surface area contributed by atoms with Crippen molar-refractivity contribution in [3.63, 3.8) is 0 Å². The quantitative estimate of drug-likeness (QED) is 0.554. The minimum Gasteiger partial charge on any atom is -0.378 e. The first-order chi connectivity index (χ1) is 5.93. The second kappa shape index (κ2) is 2.69. The second-order valence-corrected chi connectivity index (χ2v) is 4.07. The minimum atomic E-state index is 0.547. The SMILES string of the molecule is C1CC2COCC1N2C[C@@H]1CO1. The molecule has 3 heteroatoms. The highest BCUT2D eigenvalue weighted by Gasteiger charge is 2.40. The van der Waals surface area contributed by atoms with Crippen LogP contribution < -0.4 is 0 Å². The normalized spacial score (nSPS) is 46.5. The second-order valence-electron chi connectivity index (χ2n) is 4.07. The molecule has 3 heterocycles. The van der Waals surface area contributed by atoms with E-state index in [0.29, 0.717) is 18.2 Å². The van der Waals surface area contributed by atoms with E-state index < -0.39 is 0 Å². The molecule has 0 amide bonds.